The normalized spacial score (nSPS) is 19.2. The van der Waals surface area contributed by atoms with Gasteiger partial charge in [-0.2, -0.15) is 0 Å². The number of Topliss-reactive ketones (excluding diaryl/α,β-unsaturated/α-hetero) is 1. The molecule has 0 unspecified atom stereocenters. The van der Waals surface area contributed by atoms with Crippen molar-refractivity contribution in [2.75, 3.05) is 13.2 Å². The minimum absolute atomic E-state index is 0.0405. The number of benzene rings is 2. The molecule has 198 valence electrons. The van der Waals surface area contributed by atoms with E-state index in [-0.39, 0.29) is 53.4 Å². The summed E-state index contributed by atoms with van der Waals surface area (Å²) in [5.41, 5.74) is 0.367. The van der Waals surface area contributed by atoms with E-state index in [2.05, 4.69) is 5.32 Å². The van der Waals surface area contributed by atoms with Gasteiger partial charge in [-0.25, -0.2) is 8.78 Å². The lowest BCUT2D eigenvalue weighted by atomic mass is 9.87. The number of nitrogens with one attached hydrogen (secondary N) is 1. The average molecular weight is 516 g/mol. The number of carboxylic acids is 1. The molecule has 2 aliphatic rings. The molecule has 0 radical (unpaired) electrons. The van der Waals surface area contributed by atoms with E-state index in [0.29, 0.717) is 44.6 Å². The van der Waals surface area contributed by atoms with E-state index in [4.69, 9.17) is 14.6 Å². The van der Waals surface area contributed by atoms with E-state index >= 15 is 0 Å². The predicted octanol–water partition coefficient (Wildman–Crippen LogP) is 5.17. The Bertz CT molecular complexity index is 1140. The van der Waals surface area contributed by atoms with Crippen LogP contribution in [-0.4, -0.2) is 42.0 Å². The lowest BCUT2D eigenvalue weighted by Gasteiger charge is -2.27. The molecule has 2 fully saturated rings. The SMILES string of the molecule is O=C(CCCNC(=O)c1ccc(OCC2CC2)c(F)c1)c1ccc(OC2CCC(C(=O)O)CC2)c(F)c1. The first-order valence-corrected chi connectivity index (χ1v) is 12.7. The molecule has 2 N–H and O–H groups in total. The summed E-state index contributed by atoms with van der Waals surface area (Å²) in [6.45, 7) is 0.681. The Kier molecular flexibility index (Phi) is 8.74. The van der Waals surface area contributed by atoms with Crippen LogP contribution in [0.25, 0.3) is 0 Å². The Hall–Kier alpha value is -3.49. The molecule has 0 heterocycles. The van der Waals surface area contributed by atoms with Crippen LogP contribution in [-0.2, 0) is 4.79 Å². The zero-order valence-corrected chi connectivity index (χ0v) is 20.5. The van der Waals surface area contributed by atoms with Crippen molar-refractivity contribution in [1.29, 1.82) is 0 Å². The summed E-state index contributed by atoms with van der Waals surface area (Å²) in [7, 11) is 0. The van der Waals surface area contributed by atoms with E-state index in [1.54, 1.807) is 0 Å². The third-order valence-corrected chi connectivity index (χ3v) is 6.80. The largest absolute Gasteiger partial charge is 0.490 e. The lowest BCUT2D eigenvalue weighted by molar-refractivity contribution is -0.143. The van der Waals surface area contributed by atoms with E-state index in [1.807, 2.05) is 0 Å². The molecule has 0 atom stereocenters. The third kappa shape index (κ3) is 7.50. The van der Waals surface area contributed by atoms with Crippen molar-refractivity contribution in [3.05, 3.63) is 59.2 Å². The number of ether oxygens (including phenoxy) is 2. The molecule has 4 rings (SSSR count). The zero-order chi connectivity index (χ0) is 26.4. The van der Waals surface area contributed by atoms with E-state index in [9.17, 15) is 23.2 Å². The molecule has 0 bridgehead atoms. The van der Waals surface area contributed by atoms with Crippen LogP contribution in [0.1, 0.15) is 72.1 Å². The van der Waals surface area contributed by atoms with Crippen molar-refractivity contribution in [2.45, 2.75) is 57.5 Å². The van der Waals surface area contributed by atoms with Crippen molar-refractivity contribution in [3.63, 3.8) is 0 Å². The second kappa shape index (κ2) is 12.2. The summed E-state index contributed by atoms with van der Waals surface area (Å²) in [5.74, 6) is -2.50. The molecular formula is C28H31F2NO6. The molecule has 0 aliphatic heterocycles. The molecule has 7 nitrogen and oxygen atoms in total. The summed E-state index contributed by atoms with van der Waals surface area (Å²) < 4.78 is 39.9. The van der Waals surface area contributed by atoms with Gasteiger partial charge in [-0.3, -0.25) is 14.4 Å². The molecule has 0 aromatic heterocycles. The number of hydrogen-bond donors (Lipinski definition) is 2. The van der Waals surface area contributed by atoms with Crippen LogP contribution in [0.15, 0.2) is 36.4 Å². The highest BCUT2D eigenvalue weighted by Gasteiger charge is 2.27. The Morgan fingerprint density at radius 1 is 0.892 bits per heavy atom. The molecule has 0 saturated heterocycles. The Balaban J connectivity index is 1.19. The van der Waals surface area contributed by atoms with Crippen LogP contribution < -0.4 is 14.8 Å². The molecule has 0 spiro atoms. The van der Waals surface area contributed by atoms with Crippen LogP contribution in [0, 0.1) is 23.5 Å². The maximum atomic E-state index is 14.5. The topological polar surface area (TPSA) is 102 Å². The Morgan fingerprint density at radius 3 is 2.19 bits per heavy atom. The van der Waals surface area contributed by atoms with Crippen LogP contribution in [0.5, 0.6) is 11.5 Å². The number of aliphatic carboxylic acids is 1. The number of ketones is 1. The van der Waals surface area contributed by atoms with Crippen molar-refractivity contribution < 1.29 is 37.7 Å². The fourth-order valence-corrected chi connectivity index (χ4v) is 4.33. The van der Waals surface area contributed by atoms with Crippen LogP contribution in [0.4, 0.5) is 8.78 Å². The fraction of sp³-hybridized carbons (Fsp3) is 0.464. The van der Waals surface area contributed by atoms with Crippen molar-refractivity contribution >= 4 is 17.7 Å². The second-order valence-corrected chi connectivity index (χ2v) is 9.76. The standard InChI is InChI=1S/C28H31F2NO6/c29-22-15-20(8-11-25(22)36-16-17-3-4-17)27(33)31-13-1-2-24(32)19-7-12-26(23(30)14-19)37-21-9-5-18(6-10-21)28(34)35/h7-8,11-12,14-15,17-18,21H,1-6,9-10,13,16H2,(H,31,33)(H,34,35). The number of rotatable bonds is 12. The van der Waals surface area contributed by atoms with Crippen LogP contribution in [0.3, 0.4) is 0 Å². The van der Waals surface area contributed by atoms with Gasteiger partial charge in [0.15, 0.2) is 28.9 Å². The van der Waals surface area contributed by atoms with Crippen molar-refractivity contribution in [3.8, 4) is 11.5 Å². The fourth-order valence-electron chi connectivity index (χ4n) is 4.33. The molecule has 1 amide bonds. The second-order valence-electron chi connectivity index (χ2n) is 9.76. The average Bonchev–Trinajstić information content (AvgIpc) is 3.71. The van der Waals surface area contributed by atoms with Gasteiger partial charge in [0, 0.05) is 24.1 Å². The van der Waals surface area contributed by atoms with E-state index in [1.165, 1.54) is 24.3 Å². The van der Waals surface area contributed by atoms with Gasteiger partial charge in [0.05, 0.1) is 18.6 Å². The van der Waals surface area contributed by atoms with Gasteiger partial charge in [-0.15, -0.1) is 0 Å². The van der Waals surface area contributed by atoms with Gasteiger partial charge in [-0.1, -0.05) is 0 Å². The highest BCUT2D eigenvalue weighted by atomic mass is 19.1. The van der Waals surface area contributed by atoms with Gasteiger partial charge in [0.25, 0.3) is 5.91 Å². The maximum absolute atomic E-state index is 14.5. The lowest BCUT2D eigenvalue weighted by Crippen LogP contribution is -2.28. The summed E-state index contributed by atoms with van der Waals surface area (Å²) >= 11 is 0. The molecule has 2 aromatic rings. The number of halogens is 2. The predicted molar refractivity (Wildman–Crippen MR) is 131 cm³/mol. The minimum Gasteiger partial charge on any atom is -0.490 e. The molecule has 9 heteroatoms. The molecule has 2 saturated carbocycles. The highest BCUT2D eigenvalue weighted by Crippen LogP contribution is 2.31. The van der Waals surface area contributed by atoms with Crippen LogP contribution >= 0.6 is 0 Å². The van der Waals surface area contributed by atoms with Crippen molar-refractivity contribution in [2.24, 2.45) is 11.8 Å². The minimum atomic E-state index is -0.816. The summed E-state index contributed by atoms with van der Waals surface area (Å²) in [6.07, 6.45) is 4.42. The van der Waals surface area contributed by atoms with E-state index < -0.39 is 23.5 Å². The van der Waals surface area contributed by atoms with Gasteiger partial charge >= 0.3 is 5.97 Å². The molecule has 2 aromatic carbocycles. The first-order valence-electron chi connectivity index (χ1n) is 12.7. The number of carboxylic acid groups (broad SMARTS) is 1. The summed E-state index contributed by atoms with van der Waals surface area (Å²) in [4.78, 5) is 35.8. The first-order chi connectivity index (χ1) is 17.8. The Labute approximate surface area is 214 Å². The number of carbonyl (C=O) groups is 3. The zero-order valence-electron chi connectivity index (χ0n) is 20.5. The molecule has 2 aliphatic carbocycles. The number of hydrogen-bond acceptors (Lipinski definition) is 5. The highest BCUT2D eigenvalue weighted by molar-refractivity contribution is 5.96. The Morgan fingerprint density at radius 2 is 1.54 bits per heavy atom. The van der Waals surface area contributed by atoms with Gasteiger partial charge < -0.3 is 19.9 Å². The van der Waals surface area contributed by atoms with Gasteiger partial charge in [0.1, 0.15) is 0 Å². The van der Waals surface area contributed by atoms with Gasteiger partial charge in [-0.05, 0) is 87.3 Å². The third-order valence-electron chi connectivity index (χ3n) is 6.80. The number of amides is 1. The van der Waals surface area contributed by atoms with Gasteiger partial charge in [0.2, 0.25) is 0 Å². The number of carbonyl (C=O) groups excluding carboxylic acids is 2. The first kappa shape index (κ1) is 26.6. The smallest absolute Gasteiger partial charge is 0.306 e. The quantitative estimate of drug-likeness (QED) is 0.299. The molecular weight excluding hydrogens is 484 g/mol. The summed E-state index contributed by atoms with van der Waals surface area (Å²) in [6, 6.07) is 8.12. The van der Waals surface area contributed by atoms with E-state index in [0.717, 1.165) is 25.0 Å². The summed E-state index contributed by atoms with van der Waals surface area (Å²) in [5, 5.41) is 11.7. The van der Waals surface area contributed by atoms with Crippen LogP contribution in [0.2, 0.25) is 0 Å². The monoisotopic (exact) mass is 515 g/mol. The van der Waals surface area contributed by atoms with Crippen molar-refractivity contribution in [1.82, 2.24) is 5.32 Å². The molecule has 37 heavy (non-hydrogen) atoms. The maximum Gasteiger partial charge on any atom is 0.306 e.